The van der Waals surface area contributed by atoms with Crippen molar-refractivity contribution in [2.24, 2.45) is 11.3 Å². The number of sulfonamides is 1. The van der Waals surface area contributed by atoms with E-state index in [-0.39, 0.29) is 10.8 Å². The van der Waals surface area contributed by atoms with Crippen LogP contribution in [-0.2, 0) is 19.6 Å². The number of carboxylic acid groups (broad SMARTS) is 1. The molecule has 0 radical (unpaired) electrons. The fourth-order valence-electron chi connectivity index (χ4n) is 4.28. The third-order valence-corrected chi connectivity index (χ3v) is 7.56. The van der Waals surface area contributed by atoms with Crippen LogP contribution in [0.4, 0.5) is 0 Å². The maximum Gasteiger partial charge on any atom is 0.326 e. The zero-order valence-electron chi connectivity index (χ0n) is 18.8. The van der Waals surface area contributed by atoms with E-state index in [1.54, 1.807) is 32.9 Å². The number of aliphatic carboxylic acids is 1. The SMILES string of the molecule is CC(C)(C)[C@H](NC(=O)[C@@H](NS(=O)(=O)c1ccc2ccccc2c1)C1CCCCC1)C(=O)O. The molecule has 8 heteroatoms. The van der Waals surface area contributed by atoms with Crippen LogP contribution in [0.5, 0.6) is 0 Å². The maximum atomic E-state index is 13.2. The normalized spacial score (nSPS) is 17.6. The van der Waals surface area contributed by atoms with Gasteiger partial charge in [-0.05, 0) is 47.1 Å². The van der Waals surface area contributed by atoms with E-state index in [1.165, 1.54) is 6.07 Å². The standard InChI is InChI=1S/C24H32N2O5S/c1-24(2,3)21(23(28)29)25-22(27)20(17-10-5-4-6-11-17)26-32(30,31)19-14-13-16-9-7-8-12-18(16)15-19/h7-9,12-15,17,20-21,26H,4-6,10-11H2,1-3H3,(H,25,27)(H,28,29)/t20-,21+/m0/s1. The number of fused-ring (bicyclic) bond motifs is 1. The first kappa shape index (κ1) is 24.2. The molecule has 2 aromatic rings. The van der Waals surface area contributed by atoms with Gasteiger partial charge in [0.25, 0.3) is 0 Å². The van der Waals surface area contributed by atoms with Gasteiger partial charge in [-0.1, -0.05) is 70.4 Å². The predicted octanol–water partition coefficient (Wildman–Crippen LogP) is 3.68. The Balaban J connectivity index is 1.90. The molecule has 1 aliphatic carbocycles. The highest BCUT2D eigenvalue weighted by molar-refractivity contribution is 7.89. The molecule has 1 amide bonds. The lowest BCUT2D eigenvalue weighted by molar-refractivity contribution is -0.145. The predicted molar refractivity (Wildman–Crippen MR) is 124 cm³/mol. The van der Waals surface area contributed by atoms with Crippen LogP contribution in [0, 0.1) is 11.3 Å². The van der Waals surface area contributed by atoms with Gasteiger partial charge in [0.05, 0.1) is 4.90 Å². The number of rotatable bonds is 7. The minimum absolute atomic E-state index is 0.0791. The van der Waals surface area contributed by atoms with Crippen LogP contribution in [0.15, 0.2) is 47.4 Å². The lowest BCUT2D eigenvalue weighted by Crippen LogP contribution is -2.57. The van der Waals surface area contributed by atoms with Gasteiger partial charge in [-0.2, -0.15) is 4.72 Å². The number of benzene rings is 2. The molecule has 1 saturated carbocycles. The highest BCUT2D eigenvalue weighted by Crippen LogP contribution is 2.29. The molecule has 3 N–H and O–H groups in total. The van der Waals surface area contributed by atoms with E-state index < -0.39 is 39.4 Å². The van der Waals surface area contributed by atoms with E-state index in [2.05, 4.69) is 10.0 Å². The second-order valence-corrected chi connectivity index (χ2v) is 11.4. The lowest BCUT2D eigenvalue weighted by atomic mass is 9.83. The van der Waals surface area contributed by atoms with E-state index >= 15 is 0 Å². The molecule has 2 aromatic carbocycles. The molecule has 32 heavy (non-hydrogen) atoms. The Morgan fingerprint density at radius 3 is 2.22 bits per heavy atom. The van der Waals surface area contributed by atoms with E-state index in [4.69, 9.17) is 0 Å². The van der Waals surface area contributed by atoms with Gasteiger partial charge in [0.15, 0.2) is 0 Å². The average molecular weight is 461 g/mol. The van der Waals surface area contributed by atoms with Crippen LogP contribution < -0.4 is 10.0 Å². The summed E-state index contributed by atoms with van der Waals surface area (Å²) in [5, 5.41) is 13.9. The monoisotopic (exact) mass is 460 g/mol. The van der Waals surface area contributed by atoms with Crippen molar-refractivity contribution in [2.45, 2.75) is 69.9 Å². The molecule has 0 saturated heterocycles. The van der Waals surface area contributed by atoms with E-state index in [0.29, 0.717) is 12.8 Å². The zero-order valence-corrected chi connectivity index (χ0v) is 19.6. The van der Waals surface area contributed by atoms with E-state index in [0.717, 1.165) is 30.0 Å². The largest absolute Gasteiger partial charge is 0.480 e. The minimum atomic E-state index is -4.00. The molecule has 0 unspecified atom stereocenters. The second-order valence-electron chi connectivity index (χ2n) is 9.65. The summed E-state index contributed by atoms with van der Waals surface area (Å²) < 4.78 is 29.1. The van der Waals surface area contributed by atoms with Crippen molar-refractivity contribution in [3.05, 3.63) is 42.5 Å². The van der Waals surface area contributed by atoms with Gasteiger partial charge in [0.1, 0.15) is 12.1 Å². The Morgan fingerprint density at radius 1 is 1.00 bits per heavy atom. The van der Waals surface area contributed by atoms with Crippen molar-refractivity contribution in [3.8, 4) is 0 Å². The third kappa shape index (κ3) is 5.66. The number of carboxylic acids is 1. The quantitative estimate of drug-likeness (QED) is 0.583. The number of nitrogens with one attached hydrogen (secondary N) is 2. The number of carbonyl (C=O) groups excluding carboxylic acids is 1. The smallest absolute Gasteiger partial charge is 0.326 e. The van der Waals surface area contributed by atoms with E-state index in [9.17, 15) is 23.1 Å². The minimum Gasteiger partial charge on any atom is -0.480 e. The van der Waals surface area contributed by atoms with Crippen molar-refractivity contribution < 1.29 is 23.1 Å². The van der Waals surface area contributed by atoms with Crippen molar-refractivity contribution in [1.82, 2.24) is 10.0 Å². The fourth-order valence-corrected chi connectivity index (χ4v) is 5.58. The number of hydrogen-bond donors (Lipinski definition) is 3. The Bertz CT molecular complexity index is 1090. The molecule has 0 aliphatic heterocycles. The van der Waals surface area contributed by atoms with Gasteiger partial charge >= 0.3 is 5.97 Å². The average Bonchev–Trinajstić information content (AvgIpc) is 2.75. The molecule has 0 heterocycles. The van der Waals surface area contributed by atoms with Crippen molar-refractivity contribution >= 4 is 32.7 Å². The third-order valence-electron chi connectivity index (χ3n) is 6.12. The van der Waals surface area contributed by atoms with Crippen LogP contribution in [0.3, 0.4) is 0 Å². The van der Waals surface area contributed by atoms with Gasteiger partial charge in [0, 0.05) is 0 Å². The number of amides is 1. The van der Waals surface area contributed by atoms with Crippen molar-refractivity contribution in [3.63, 3.8) is 0 Å². The number of carbonyl (C=O) groups is 2. The molecule has 1 aliphatic rings. The van der Waals surface area contributed by atoms with Crippen LogP contribution >= 0.6 is 0 Å². The first-order valence-electron chi connectivity index (χ1n) is 11.0. The second kappa shape index (κ2) is 9.58. The molecule has 3 rings (SSSR count). The molecule has 0 spiro atoms. The Morgan fingerprint density at radius 2 is 1.62 bits per heavy atom. The Labute approximate surface area is 189 Å². The summed E-state index contributed by atoms with van der Waals surface area (Å²) in [4.78, 5) is 25.1. The highest BCUT2D eigenvalue weighted by atomic mass is 32.2. The summed E-state index contributed by atoms with van der Waals surface area (Å²) >= 11 is 0. The molecule has 0 aromatic heterocycles. The summed E-state index contributed by atoms with van der Waals surface area (Å²) in [6.45, 7) is 5.17. The first-order valence-corrected chi connectivity index (χ1v) is 12.5. The first-order chi connectivity index (χ1) is 15.0. The summed E-state index contributed by atoms with van der Waals surface area (Å²) in [6.07, 6.45) is 4.29. The molecule has 2 atom stereocenters. The van der Waals surface area contributed by atoms with E-state index in [1.807, 2.05) is 24.3 Å². The van der Waals surface area contributed by atoms with Gasteiger partial charge < -0.3 is 10.4 Å². The topological polar surface area (TPSA) is 113 Å². The van der Waals surface area contributed by atoms with Crippen LogP contribution in [-0.4, -0.2) is 37.5 Å². The summed E-state index contributed by atoms with van der Waals surface area (Å²) in [6, 6.07) is 10.1. The van der Waals surface area contributed by atoms with Crippen molar-refractivity contribution in [1.29, 1.82) is 0 Å². The molecule has 1 fully saturated rings. The van der Waals surface area contributed by atoms with Crippen LogP contribution in [0.25, 0.3) is 10.8 Å². The van der Waals surface area contributed by atoms with Gasteiger partial charge in [-0.15, -0.1) is 0 Å². The zero-order chi connectivity index (χ0) is 23.5. The fraction of sp³-hybridized carbons (Fsp3) is 0.500. The number of hydrogen-bond acceptors (Lipinski definition) is 4. The Hall–Kier alpha value is -2.45. The van der Waals surface area contributed by atoms with Crippen LogP contribution in [0.2, 0.25) is 0 Å². The summed E-state index contributed by atoms with van der Waals surface area (Å²) in [5.74, 6) is -1.93. The molecular formula is C24H32N2O5S. The van der Waals surface area contributed by atoms with Gasteiger partial charge in [-0.25, -0.2) is 13.2 Å². The highest BCUT2D eigenvalue weighted by Gasteiger charge is 2.38. The van der Waals surface area contributed by atoms with Crippen molar-refractivity contribution in [2.75, 3.05) is 0 Å². The maximum absolute atomic E-state index is 13.2. The lowest BCUT2D eigenvalue weighted by Gasteiger charge is -2.33. The molecule has 7 nitrogen and oxygen atoms in total. The van der Waals surface area contributed by atoms with Gasteiger partial charge in [0.2, 0.25) is 15.9 Å². The van der Waals surface area contributed by atoms with Gasteiger partial charge in [-0.3, -0.25) is 4.79 Å². The summed E-state index contributed by atoms with van der Waals surface area (Å²) in [5.41, 5.74) is -0.726. The van der Waals surface area contributed by atoms with Crippen LogP contribution in [0.1, 0.15) is 52.9 Å². The molecular weight excluding hydrogens is 428 g/mol. The summed E-state index contributed by atoms with van der Waals surface area (Å²) in [7, 11) is -4.00. The molecule has 0 bridgehead atoms. The molecule has 174 valence electrons. The Kier molecular flexibility index (Phi) is 7.25.